The van der Waals surface area contributed by atoms with Gasteiger partial charge in [-0.25, -0.2) is 4.39 Å². The van der Waals surface area contributed by atoms with Gasteiger partial charge in [-0.2, -0.15) is 0 Å². The lowest BCUT2D eigenvalue weighted by molar-refractivity contribution is -0.119. The van der Waals surface area contributed by atoms with Gasteiger partial charge < -0.3 is 9.79 Å². The molecular formula is C3H6FO4P. The molecule has 0 aliphatic heterocycles. The SMILES string of the molecule is CC(=O)C(F)P(=O)(O)O. The molecule has 2 N–H and O–H groups in total. The molecule has 0 bridgehead atoms. The molecule has 0 saturated carbocycles. The predicted octanol–water partition coefficient (Wildman–Crippen LogP) is 0.0487. The van der Waals surface area contributed by atoms with Crippen LogP contribution in [0.2, 0.25) is 0 Å². The minimum absolute atomic E-state index is 0.782. The standard InChI is InChI=1S/C3H6FO4P/c1-2(5)3(4)9(6,7)8/h3H,1H3,(H2,6,7,8). The Balaban J connectivity index is 4.23. The lowest BCUT2D eigenvalue weighted by Gasteiger charge is -2.04. The van der Waals surface area contributed by atoms with Gasteiger partial charge in [0.15, 0.2) is 5.78 Å². The summed E-state index contributed by atoms with van der Waals surface area (Å²) in [6, 6.07) is 0. The van der Waals surface area contributed by atoms with E-state index in [-0.39, 0.29) is 0 Å². The van der Waals surface area contributed by atoms with E-state index in [1.807, 2.05) is 0 Å². The normalized spacial score (nSPS) is 15.1. The van der Waals surface area contributed by atoms with Gasteiger partial charge in [0.25, 0.3) is 5.91 Å². The zero-order valence-corrected chi connectivity index (χ0v) is 5.51. The third kappa shape index (κ3) is 2.70. The summed E-state index contributed by atoms with van der Waals surface area (Å²) in [6.07, 6.45) is 0. The van der Waals surface area contributed by atoms with Crippen molar-refractivity contribution in [1.82, 2.24) is 0 Å². The summed E-state index contributed by atoms with van der Waals surface area (Å²) in [5.41, 5.74) is 0. The van der Waals surface area contributed by atoms with Crippen LogP contribution in [0.25, 0.3) is 0 Å². The smallest absolute Gasteiger partial charge is 0.322 e. The molecular weight excluding hydrogens is 150 g/mol. The quantitative estimate of drug-likeness (QED) is 0.554. The Morgan fingerprint density at radius 3 is 2.00 bits per heavy atom. The number of Topliss-reactive ketones (excluding diaryl/α,β-unsaturated/α-hetero) is 1. The molecule has 0 aromatic carbocycles. The van der Waals surface area contributed by atoms with Gasteiger partial charge in [0.1, 0.15) is 0 Å². The Bertz CT molecular complexity index is 161. The molecule has 6 heteroatoms. The van der Waals surface area contributed by atoms with Crippen LogP contribution in [-0.2, 0) is 9.36 Å². The molecule has 1 unspecified atom stereocenters. The van der Waals surface area contributed by atoms with Gasteiger partial charge in [0.2, 0.25) is 0 Å². The maximum Gasteiger partial charge on any atom is 0.367 e. The molecule has 0 saturated heterocycles. The Hall–Kier alpha value is -0.250. The lowest BCUT2D eigenvalue weighted by atomic mass is 10.5. The van der Waals surface area contributed by atoms with E-state index in [0.29, 0.717) is 0 Å². The molecule has 0 amide bonds. The molecule has 9 heavy (non-hydrogen) atoms. The average Bonchev–Trinajstić information content (AvgIpc) is 1.62. The van der Waals surface area contributed by atoms with Gasteiger partial charge in [-0.05, 0) is 6.92 Å². The van der Waals surface area contributed by atoms with E-state index in [4.69, 9.17) is 9.79 Å². The third-order valence-corrected chi connectivity index (χ3v) is 1.58. The van der Waals surface area contributed by atoms with Gasteiger partial charge in [-0.1, -0.05) is 0 Å². The van der Waals surface area contributed by atoms with Crippen molar-refractivity contribution in [2.45, 2.75) is 12.8 Å². The van der Waals surface area contributed by atoms with Crippen LogP contribution in [-0.4, -0.2) is 21.5 Å². The lowest BCUT2D eigenvalue weighted by Crippen LogP contribution is -2.11. The van der Waals surface area contributed by atoms with Crippen LogP contribution in [0.4, 0.5) is 4.39 Å². The molecule has 0 aliphatic carbocycles. The van der Waals surface area contributed by atoms with Crippen molar-refractivity contribution in [3.8, 4) is 0 Å². The minimum atomic E-state index is -4.83. The predicted molar refractivity (Wildman–Crippen MR) is 27.6 cm³/mol. The van der Waals surface area contributed by atoms with E-state index in [9.17, 15) is 13.8 Å². The fourth-order valence-corrected chi connectivity index (χ4v) is 0.710. The maximum atomic E-state index is 11.9. The van der Waals surface area contributed by atoms with Gasteiger partial charge in [0.05, 0.1) is 0 Å². The zero-order valence-electron chi connectivity index (χ0n) is 4.61. The van der Waals surface area contributed by atoms with Crippen molar-refractivity contribution in [2.24, 2.45) is 0 Å². The monoisotopic (exact) mass is 156 g/mol. The largest absolute Gasteiger partial charge is 0.367 e. The summed E-state index contributed by atoms with van der Waals surface area (Å²) in [7, 11) is -4.83. The summed E-state index contributed by atoms with van der Waals surface area (Å²) < 4.78 is 21.8. The van der Waals surface area contributed by atoms with E-state index >= 15 is 0 Å². The van der Waals surface area contributed by atoms with Crippen molar-refractivity contribution in [1.29, 1.82) is 0 Å². The number of hydrogen-bond donors (Lipinski definition) is 2. The molecule has 0 rings (SSSR count). The van der Waals surface area contributed by atoms with E-state index in [2.05, 4.69) is 0 Å². The number of halogens is 1. The summed E-state index contributed by atoms with van der Waals surface area (Å²) in [4.78, 5) is 25.9. The van der Waals surface area contributed by atoms with Crippen LogP contribution in [0, 0.1) is 0 Å². The van der Waals surface area contributed by atoms with Crippen molar-refractivity contribution in [2.75, 3.05) is 0 Å². The first kappa shape index (κ1) is 8.75. The maximum absolute atomic E-state index is 11.9. The fourth-order valence-electron chi connectivity index (χ4n) is 0.237. The van der Waals surface area contributed by atoms with Crippen molar-refractivity contribution in [3.63, 3.8) is 0 Å². The molecule has 0 aromatic heterocycles. The molecule has 0 spiro atoms. The topological polar surface area (TPSA) is 74.6 Å². The molecule has 1 atom stereocenters. The van der Waals surface area contributed by atoms with Gasteiger partial charge in [-0.3, -0.25) is 9.36 Å². The highest BCUT2D eigenvalue weighted by Gasteiger charge is 2.32. The number of rotatable bonds is 2. The van der Waals surface area contributed by atoms with Crippen LogP contribution < -0.4 is 0 Å². The highest BCUT2D eigenvalue weighted by molar-refractivity contribution is 7.53. The van der Waals surface area contributed by atoms with Gasteiger partial charge >= 0.3 is 7.60 Å². The van der Waals surface area contributed by atoms with Crippen molar-refractivity contribution in [3.05, 3.63) is 0 Å². The average molecular weight is 156 g/mol. The van der Waals surface area contributed by atoms with E-state index < -0.39 is 19.3 Å². The number of alkyl halides is 1. The molecule has 4 nitrogen and oxygen atoms in total. The van der Waals surface area contributed by atoms with E-state index in [1.54, 1.807) is 0 Å². The molecule has 0 fully saturated rings. The van der Waals surface area contributed by atoms with Gasteiger partial charge in [-0.15, -0.1) is 0 Å². The summed E-state index contributed by atoms with van der Waals surface area (Å²) in [5, 5.41) is 0. The van der Waals surface area contributed by atoms with Crippen LogP contribution >= 0.6 is 7.60 Å². The first-order chi connectivity index (χ1) is 3.85. The van der Waals surface area contributed by atoms with E-state index in [1.165, 1.54) is 0 Å². The molecule has 0 radical (unpaired) electrons. The summed E-state index contributed by atoms with van der Waals surface area (Å²) >= 11 is 0. The van der Waals surface area contributed by atoms with Gasteiger partial charge in [0, 0.05) is 0 Å². The first-order valence-electron chi connectivity index (χ1n) is 2.05. The molecule has 0 heterocycles. The second kappa shape index (κ2) is 2.56. The second-order valence-corrected chi connectivity index (χ2v) is 3.17. The van der Waals surface area contributed by atoms with Crippen LogP contribution in [0.5, 0.6) is 0 Å². The van der Waals surface area contributed by atoms with Crippen LogP contribution in [0.3, 0.4) is 0 Å². The Morgan fingerprint density at radius 1 is 1.67 bits per heavy atom. The number of carbonyl (C=O) groups is 1. The minimum Gasteiger partial charge on any atom is -0.322 e. The first-order valence-corrected chi connectivity index (χ1v) is 3.73. The molecule has 0 aliphatic rings. The molecule has 54 valence electrons. The zero-order chi connectivity index (χ0) is 7.65. The van der Waals surface area contributed by atoms with Crippen LogP contribution in [0.1, 0.15) is 6.92 Å². The Kier molecular flexibility index (Phi) is 2.49. The highest BCUT2D eigenvalue weighted by Crippen LogP contribution is 2.42. The summed E-state index contributed by atoms with van der Waals surface area (Å²) in [6.45, 7) is 0.782. The fraction of sp³-hybridized carbons (Fsp3) is 0.667. The second-order valence-electron chi connectivity index (χ2n) is 1.54. The van der Waals surface area contributed by atoms with Crippen molar-refractivity contribution < 1.29 is 23.5 Å². The van der Waals surface area contributed by atoms with E-state index in [0.717, 1.165) is 6.92 Å². The number of hydrogen-bond acceptors (Lipinski definition) is 2. The number of ketones is 1. The Labute approximate surface area is 50.8 Å². The number of carbonyl (C=O) groups excluding carboxylic acids is 1. The Morgan fingerprint density at radius 2 is 2.00 bits per heavy atom. The van der Waals surface area contributed by atoms with Crippen LogP contribution in [0.15, 0.2) is 0 Å². The van der Waals surface area contributed by atoms with Crippen molar-refractivity contribution >= 4 is 13.4 Å². The highest BCUT2D eigenvalue weighted by atomic mass is 31.2. The molecule has 0 aromatic rings. The third-order valence-electron chi connectivity index (χ3n) is 0.631. The summed E-state index contributed by atoms with van der Waals surface area (Å²) in [5.74, 6) is -3.80.